The van der Waals surface area contributed by atoms with Gasteiger partial charge in [-0.2, -0.15) is 10.1 Å². The van der Waals surface area contributed by atoms with E-state index in [1.54, 1.807) is 58.5 Å². The molecule has 4 heterocycles. The summed E-state index contributed by atoms with van der Waals surface area (Å²) in [4.78, 5) is 23.5. The van der Waals surface area contributed by atoms with Gasteiger partial charge in [0.25, 0.3) is 0 Å². The van der Waals surface area contributed by atoms with Gasteiger partial charge in [0.1, 0.15) is 5.82 Å². The van der Waals surface area contributed by atoms with Gasteiger partial charge in [0.15, 0.2) is 5.82 Å². The van der Waals surface area contributed by atoms with Crippen LogP contribution in [0.2, 0.25) is 0 Å². The first-order valence-corrected chi connectivity index (χ1v) is 10.3. The SMILES string of the molecule is O=C(Nc1cccnc1-n1cccn1)N1CCCC(c2nc(-c3ccc(F)cc3)no2)C1. The molecule has 2 amide bonds. The number of amides is 2. The quantitative estimate of drug-likeness (QED) is 0.524. The van der Waals surface area contributed by atoms with Crippen LogP contribution in [0, 0.1) is 5.82 Å². The van der Waals surface area contributed by atoms with Crippen molar-refractivity contribution in [2.24, 2.45) is 0 Å². The second-order valence-electron chi connectivity index (χ2n) is 7.50. The van der Waals surface area contributed by atoms with Crippen molar-refractivity contribution in [3.05, 3.63) is 72.8 Å². The monoisotopic (exact) mass is 433 g/mol. The average molecular weight is 433 g/mol. The van der Waals surface area contributed by atoms with Crippen LogP contribution in [-0.4, -0.2) is 48.9 Å². The molecule has 162 valence electrons. The van der Waals surface area contributed by atoms with Gasteiger partial charge in [0, 0.05) is 37.2 Å². The Morgan fingerprint density at radius 2 is 2.03 bits per heavy atom. The van der Waals surface area contributed by atoms with Crippen molar-refractivity contribution in [3.63, 3.8) is 0 Å². The fraction of sp³-hybridized carbons (Fsp3) is 0.227. The number of pyridine rings is 1. The van der Waals surface area contributed by atoms with Crippen molar-refractivity contribution in [1.29, 1.82) is 0 Å². The zero-order valence-corrected chi connectivity index (χ0v) is 17.1. The number of urea groups is 1. The number of aromatic nitrogens is 5. The smallest absolute Gasteiger partial charge is 0.321 e. The molecule has 1 aromatic carbocycles. The Balaban J connectivity index is 1.29. The predicted molar refractivity (Wildman–Crippen MR) is 114 cm³/mol. The Labute approximate surface area is 182 Å². The normalized spacial score (nSPS) is 16.2. The van der Waals surface area contributed by atoms with Crippen LogP contribution in [0.3, 0.4) is 0 Å². The summed E-state index contributed by atoms with van der Waals surface area (Å²) >= 11 is 0. The van der Waals surface area contributed by atoms with Crippen molar-refractivity contribution >= 4 is 11.7 Å². The third kappa shape index (κ3) is 4.07. The molecule has 1 N–H and O–H groups in total. The number of piperidine rings is 1. The lowest BCUT2D eigenvalue weighted by atomic mass is 9.98. The summed E-state index contributed by atoms with van der Waals surface area (Å²) in [5.41, 5.74) is 1.24. The molecule has 0 saturated carbocycles. The Morgan fingerprint density at radius 3 is 2.84 bits per heavy atom. The zero-order valence-electron chi connectivity index (χ0n) is 17.1. The van der Waals surface area contributed by atoms with E-state index < -0.39 is 0 Å². The maximum absolute atomic E-state index is 13.2. The standard InChI is InChI=1S/C22H20FN7O2/c23-17-8-6-15(7-9-17)19-27-21(32-28-19)16-4-2-12-29(14-16)22(31)26-18-5-1-10-24-20(18)30-13-3-11-25-30/h1,3,5-11,13,16H,2,4,12,14H2,(H,26,31). The number of hydrogen-bond donors (Lipinski definition) is 1. The predicted octanol–water partition coefficient (Wildman–Crippen LogP) is 3.87. The van der Waals surface area contributed by atoms with Gasteiger partial charge in [0.2, 0.25) is 11.7 Å². The number of benzene rings is 1. The first-order chi connectivity index (χ1) is 15.7. The van der Waals surface area contributed by atoms with E-state index in [0.717, 1.165) is 12.8 Å². The highest BCUT2D eigenvalue weighted by Crippen LogP contribution is 2.28. The molecule has 32 heavy (non-hydrogen) atoms. The zero-order chi connectivity index (χ0) is 21.9. The van der Waals surface area contributed by atoms with Crippen molar-refractivity contribution in [2.45, 2.75) is 18.8 Å². The van der Waals surface area contributed by atoms with E-state index in [4.69, 9.17) is 4.52 Å². The molecular weight excluding hydrogens is 413 g/mol. The summed E-state index contributed by atoms with van der Waals surface area (Å²) in [6, 6.07) is 11.0. The minimum atomic E-state index is -0.323. The highest BCUT2D eigenvalue weighted by atomic mass is 19.1. The molecule has 1 saturated heterocycles. The van der Waals surface area contributed by atoms with Crippen molar-refractivity contribution < 1.29 is 13.7 Å². The number of likely N-dealkylation sites (tertiary alicyclic amines) is 1. The Hall–Kier alpha value is -4.08. The fourth-order valence-electron chi connectivity index (χ4n) is 3.75. The molecule has 0 aliphatic carbocycles. The van der Waals surface area contributed by atoms with Crippen molar-refractivity contribution in [3.8, 4) is 17.2 Å². The molecule has 0 bridgehead atoms. The first kappa shape index (κ1) is 19.9. The number of carbonyl (C=O) groups excluding carboxylic acids is 1. The van der Waals surface area contributed by atoms with Crippen LogP contribution < -0.4 is 5.32 Å². The van der Waals surface area contributed by atoms with Crippen LogP contribution in [0.1, 0.15) is 24.7 Å². The van der Waals surface area contributed by atoms with Gasteiger partial charge in [0.05, 0.1) is 11.6 Å². The summed E-state index contributed by atoms with van der Waals surface area (Å²) in [5.74, 6) is 1.02. The number of nitrogens with one attached hydrogen (secondary N) is 1. The third-order valence-corrected chi connectivity index (χ3v) is 5.35. The summed E-state index contributed by atoms with van der Waals surface area (Å²) in [5, 5.41) is 11.2. The van der Waals surface area contributed by atoms with Gasteiger partial charge < -0.3 is 14.7 Å². The van der Waals surface area contributed by atoms with Gasteiger partial charge in [-0.15, -0.1) is 0 Å². The highest BCUT2D eigenvalue weighted by Gasteiger charge is 2.29. The van der Waals surface area contributed by atoms with E-state index in [0.29, 0.717) is 41.9 Å². The Morgan fingerprint density at radius 1 is 1.16 bits per heavy atom. The molecular formula is C22H20FN7O2. The van der Waals surface area contributed by atoms with Crippen molar-refractivity contribution in [1.82, 2.24) is 29.8 Å². The van der Waals surface area contributed by atoms with Crippen LogP contribution in [0.15, 0.2) is 65.6 Å². The topological polar surface area (TPSA) is 102 Å². The summed E-state index contributed by atoms with van der Waals surface area (Å²) in [7, 11) is 0. The number of halogens is 1. The molecule has 0 spiro atoms. The molecule has 9 nitrogen and oxygen atoms in total. The Kier molecular flexibility index (Phi) is 5.32. The molecule has 1 unspecified atom stereocenters. The van der Waals surface area contributed by atoms with E-state index >= 15 is 0 Å². The van der Waals surface area contributed by atoms with Gasteiger partial charge in [-0.05, 0) is 55.3 Å². The second kappa shape index (κ2) is 8.58. The Bertz CT molecular complexity index is 1210. The molecule has 4 aromatic rings. The van der Waals surface area contributed by atoms with Crippen LogP contribution in [0.4, 0.5) is 14.9 Å². The van der Waals surface area contributed by atoms with Crippen LogP contribution in [0.5, 0.6) is 0 Å². The van der Waals surface area contributed by atoms with Crippen LogP contribution in [-0.2, 0) is 0 Å². The maximum atomic E-state index is 13.2. The van der Waals surface area contributed by atoms with E-state index in [1.807, 2.05) is 0 Å². The van der Waals surface area contributed by atoms with Gasteiger partial charge >= 0.3 is 6.03 Å². The largest absolute Gasteiger partial charge is 0.339 e. The summed E-state index contributed by atoms with van der Waals surface area (Å²) in [6.07, 6.45) is 6.72. The summed E-state index contributed by atoms with van der Waals surface area (Å²) in [6.45, 7) is 1.08. The third-order valence-electron chi connectivity index (χ3n) is 5.35. The molecule has 3 aromatic heterocycles. The van der Waals surface area contributed by atoms with Gasteiger partial charge in [-0.3, -0.25) is 0 Å². The molecule has 10 heteroatoms. The highest BCUT2D eigenvalue weighted by molar-refractivity contribution is 5.91. The lowest BCUT2D eigenvalue weighted by Gasteiger charge is -2.31. The minimum Gasteiger partial charge on any atom is -0.339 e. The van der Waals surface area contributed by atoms with E-state index in [9.17, 15) is 9.18 Å². The first-order valence-electron chi connectivity index (χ1n) is 10.3. The number of carbonyl (C=O) groups is 1. The maximum Gasteiger partial charge on any atom is 0.321 e. The lowest BCUT2D eigenvalue weighted by Crippen LogP contribution is -2.41. The van der Waals surface area contributed by atoms with Gasteiger partial charge in [-0.1, -0.05) is 5.16 Å². The van der Waals surface area contributed by atoms with E-state index in [1.165, 1.54) is 12.1 Å². The second-order valence-corrected chi connectivity index (χ2v) is 7.50. The number of rotatable bonds is 4. The number of hydrogen-bond acceptors (Lipinski definition) is 6. The lowest BCUT2D eigenvalue weighted by molar-refractivity contribution is 0.184. The number of nitrogens with zero attached hydrogens (tertiary/aromatic N) is 6. The van der Waals surface area contributed by atoms with E-state index in [-0.39, 0.29) is 17.8 Å². The minimum absolute atomic E-state index is 0.0734. The average Bonchev–Trinajstić information content (AvgIpc) is 3.53. The fourth-order valence-corrected chi connectivity index (χ4v) is 3.75. The molecule has 0 radical (unpaired) electrons. The molecule has 1 aliphatic heterocycles. The van der Waals surface area contributed by atoms with Crippen LogP contribution >= 0.6 is 0 Å². The molecule has 1 atom stereocenters. The van der Waals surface area contributed by atoms with Gasteiger partial charge in [-0.25, -0.2) is 18.9 Å². The molecule has 5 rings (SSSR count). The molecule has 1 aliphatic rings. The van der Waals surface area contributed by atoms with E-state index in [2.05, 4.69) is 25.5 Å². The molecule has 1 fully saturated rings. The van der Waals surface area contributed by atoms with Crippen LogP contribution in [0.25, 0.3) is 17.2 Å². The van der Waals surface area contributed by atoms with Crippen molar-refractivity contribution in [2.75, 3.05) is 18.4 Å². The summed E-state index contributed by atoms with van der Waals surface area (Å²) < 4.78 is 20.2. The number of anilines is 1.